The smallest absolute Gasteiger partial charge is 0.257 e. The Morgan fingerprint density at radius 3 is 2.41 bits per heavy atom. The van der Waals surface area contributed by atoms with E-state index in [0.29, 0.717) is 23.8 Å². The van der Waals surface area contributed by atoms with Crippen molar-refractivity contribution in [3.63, 3.8) is 0 Å². The highest BCUT2D eigenvalue weighted by Gasteiger charge is 2.11. The summed E-state index contributed by atoms with van der Waals surface area (Å²) in [6.45, 7) is 7.71. The molecular formula is C25H33BrN2O3S. The first-order valence-corrected chi connectivity index (χ1v) is 12.4. The molecule has 0 fully saturated rings. The Morgan fingerprint density at radius 1 is 1.03 bits per heavy atom. The summed E-state index contributed by atoms with van der Waals surface area (Å²) in [5, 5.41) is 5.96. The number of unbranched alkanes of at least 4 members (excludes halogenated alkanes) is 4. The van der Waals surface area contributed by atoms with Crippen molar-refractivity contribution in [1.82, 2.24) is 5.32 Å². The first-order chi connectivity index (χ1) is 15.4. The van der Waals surface area contributed by atoms with E-state index in [2.05, 4.69) is 47.3 Å². The average Bonchev–Trinajstić information content (AvgIpc) is 2.76. The molecule has 0 spiro atoms. The first kappa shape index (κ1) is 26.1. The Bertz CT molecular complexity index is 872. The maximum Gasteiger partial charge on any atom is 0.257 e. The van der Waals surface area contributed by atoms with Crippen LogP contribution in [0, 0.1) is 5.92 Å². The fraction of sp³-hybridized carbons (Fsp3) is 0.440. The molecule has 0 aromatic heterocycles. The summed E-state index contributed by atoms with van der Waals surface area (Å²) in [6.07, 6.45) is 6.06. The molecule has 0 atom stereocenters. The van der Waals surface area contributed by atoms with E-state index >= 15 is 0 Å². The van der Waals surface area contributed by atoms with Crippen LogP contribution in [0.15, 0.2) is 46.9 Å². The van der Waals surface area contributed by atoms with Crippen LogP contribution >= 0.6 is 28.1 Å². The molecule has 0 aliphatic heterocycles. The van der Waals surface area contributed by atoms with E-state index in [-0.39, 0.29) is 11.0 Å². The summed E-state index contributed by atoms with van der Waals surface area (Å²) in [7, 11) is 0. The molecule has 2 rings (SSSR count). The minimum absolute atomic E-state index is 0.232. The van der Waals surface area contributed by atoms with Gasteiger partial charge in [0.1, 0.15) is 11.5 Å². The van der Waals surface area contributed by atoms with Crippen LogP contribution in [0.25, 0.3) is 0 Å². The highest BCUT2D eigenvalue weighted by atomic mass is 79.9. The third kappa shape index (κ3) is 9.57. The van der Waals surface area contributed by atoms with Crippen LogP contribution in [0.5, 0.6) is 11.5 Å². The van der Waals surface area contributed by atoms with E-state index in [1.807, 2.05) is 24.3 Å². The zero-order valence-corrected chi connectivity index (χ0v) is 21.5. The van der Waals surface area contributed by atoms with Crippen LogP contribution < -0.4 is 20.1 Å². The number of anilines is 1. The zero-order chi connectivity index (χ0) is 23.3. The molecule has 0 heterocycles. The number of amides is 1. The lowest BCUT2D eigenvalue weighted by molar-refractivity contribution is 0.0977. The molecule has 0 unspecified atom stereocenters. The second-order valence-electron chi connectivity index (χ2n) is 8.05. The molecule has 7 heteroatoms. The van der Waals surface area contributed by atoms with Crippen molar-refractivity contribution in [1.29, 1.82) is 0 Å². The molecule has 2 aromatic carbocycles. The number of rotatable bonds is 12. The molecule has 174 valence electrons. The molecule has 5 nitrogen and oxygen atoms in total. The standard InChI is InChI=1S/C25H33BrN2O3S/c1-4-5-6-7-8-15-30-21-12-10-20(11-13-21)27-25(32)28-24(29)19-9-14-23(22(26)16-19)31-17-18(2)3/h9-14,16,18H,4-8,15,17H2,1-3H3,(H2,27,28,29,32). The molecule has 2 aromatic rings. The van der Waals surface area contributed by atoms with Crippen LogP contribution in [0.4, 0.5) is 5.69 Å². The number of nitrogens with one attached hydrogen (secondary N) is 2. The van der Waals surface area contributed by atoms with Crippen molar-refractivity contribution in [2.45, 2.75) is 52.9 Å². The molecule has 0 bridgehead atoms. The van der Waals surface area contributed by atoms with Crippen molar-refractivity contribution in [3.8, 4) is 11.5 Å². The van der Waals surface area contributed by atoms with E-state index in [1.54, 1.807) is 18.2 Å². The van der Waals surface area contributed by atoms with Gasteiger partial charge in [0.25, 0.3) is 5.91 Å². The molecular weight excluding hydrogens is 488 g/mol. The number of hydrogen-bond acceptors (Lipinski definition) is 4. The minimum atomic E-state index is -0.290. The van der Waals surface area contributed by atoms with Gasteiger partial charge in [0.05, 0.1) is 17.7 Å². The fourth-order valence-corrected chi connectivity index (χ4v) is 3.59. The normalized spacial score (nSPS) is 10.7. The fourth-order valence-electron chi connectivity index (χ4n) is 2.88. The Labute approximate surface area is 205 Å². The number of halogens is 1. The number of benzene rings is 2. The van der Waals surface area contributed by atoms with E-state index < -0.39 is 0 Å². The van der Waals surface area contributed by atoms with Crippen LogP contribution in [0.2, 0.25) is 0 Å². The van der Waals surface area contributed by atoms with Crippen LogP contribution in [-0.2, 0) is 0 Å². The summed E-state index contributed by atoms with van der Waals surface area (Å²) in [5.41, 5.74) is 1.27. The molecule has 0 aliphatic carbocycles. The van der Waals surface area contributed by atoms with Gasteiger partial charge in [-0.3, -0.25) is 10.1 Å². The van der Waals surface area contributed by atoms with Gasteiger partial charge in [-0.05, 0) is 83.0 Å². The summed E-state index contributed by atoms with van der Waals surface area (Å²) >= 11 is 8.74. The van der Waals surface area contributed by atoms with Crippen LogP contribution in [0.3, 0.4) is 0 Å². The van der Waals surface area contributed by atoms with Gasteiger partial charge in [0, 0.05) is 11.3 Å². The van der Waals surface area contributed by atoms with Gasteiger partial charge in [-0.15, -0.1) is 0 Å². The molecule has 0 saturated carbocycles. The van der Waals surface area contributed by atoms with E-state index in [1.165, 1.54) is 25.7 Å². The van der Waals surface area contributed by atoms with Crippen molar-refractivity contribution < 1.29 is 14.3 Å². The van der Waals surface area contributed by atoms with Gasteiger partial charge in [-0.25, -0.2) is 0 Å². The van der Waals surface area contributed by atoms with Gasteiger partial charge in [0.15, 0.2) is 5.11 Å². The summed E-state index contributed by atoms with van der Waals surface area (Å²) < 4.78 is 12.2. The van der Waals surface area contributed by atoms with Gasteiger partial charge in [0.2, 0.25) is 0 Å². The molecule has 32 heavy (non-hydrogen) atoms. The lowest BCUT2D eigenvalue weighted by Crippen LogP contribution is -2.34. The van der Waals surface area contributed by atoms with E-state index in [4.69, 9.17) is 21.7 Å². The van der Waals surface area contributed by atoms with Crippen LogP contribution in [0.1, 0.15) is 63.2 Å². The SMILES string of the molecule is CCCCCCCOc1ccc(NC(=S)NC(=O)c2ccc(OCC(C)C)c(Br)c2)cc1. The topological polar surface area (TPSA) is 59.6 Å². The monoisotopic (exact) mass is 520 g/mol. The Kier molecular flexibility index (Phi) is 11.5. The number of thiocarbonyl (C=S) groups is 1. The predicted molar refractivity (Wildman–Crippen MR) is 139 cm³/mol. The molecule has 0 radical (unpaired) electrons. The molecule has 0 saturated heterocycles. The third-order valence-electron chi connectivity index (χ3n) is 4.62. The van der Waals surface area contributed by atoms with Crippen molar-refractivity contribution >= 4 is 44.9 Å². The van der Waals surface area contributed by atoms with E-state index in [9.17, 15) is 4.79 Å². The maximum atomic E-state index is 12.5. The quantitative estimate of drug-likeness (QED) is 0.234. The average molecular weight is 522 g/mol. The van der Waals surface area contributed by atoms with Crippen molar-refractivity contribution in [3.05, 3.63) is 52.5 Å². The lowest BCUT2D eigenvalue weighted by Gasteiger charge is -2.13. The number of carbonyl (C=O) groups excluding carboxylic acids is 1. The largest absolute Gasteiger partial charge is 0.494 e. The molecule has 2 N–H and O–H groups in total. The Hall–Kier alpha value is -2.12. The maximum absolute atomic E-state index is 12.5. The Balaban J connectivity index is 1.79. The predicted octanol–water partition coefficient (Wildman–Crippen LogP) is 6.96. The zero-order valence-electron chi connectivity index (χ0n) is 19.1. The highest BCUT2D eigenvalue weighted by Crippen LogP contribution is 2.26. The van der Waals surface area contributed by atoms with Gasteiger partial charge >= 0.3 is 0 Å². The van der Waals surface area contributed by atoms with Gasteiger partial charge < -0.3 is 14.8 Å². The van der Waals surface area contributed by atoms with E-state index in [0.717, 1.165) is 28.9 Å². The Morgan fingerprint density at radius 2 is 1.75 bits per heavy atom. The summed E-state index contributed by atoms with van der Waals surface area (Å²) in [4.78, 5) is 12.5. The number of hydrogen-bond donors (Lipinski definition) is 2. The lowest BCUT2D eigenvalue weighted by atomic mass is 10.2. The van der Waals surface area contributed by atoms with Crippen molar-refractivity contribution in [2.24, 2.45) is 5.92 Å². The third-order valence-corrected chi connectivity index (χ3v) is 5.45. The molecule has 1 amide bonds. The minimum Gasteiger partial charge on any atom is -0.494 e. The van der Waals surface area contributed by atoms with Crippen LogP contribution in [-0.4, -0.2) is 24.2 Å². The van der Waals surface area contributed by atoms with Gasteiger partial charge in [-0.1, -0.05) is 46.5 Å². The molecule has 0 aliphatic rings. The summed E-state index contributed by atoms with van der Waals surface area (Å²) in [5.74, 6) is 1.66. The number of ether oxygens (including phenoxy) is 2. The first-order valence-electron chi connectivity index (χ1n) is 11.2. The van der Waals surface area contributed by atoms with Gasteiger partial charge in [-0.2, -0.15) is 0 Å². The second kappa shape index (κ2) is 14.1. The van der Waals surface area contributed by atoms with Crippen molar-refractivity contribution in [2.75, 3.05) is 18.5 Å². The number of carbonyl (C=O) groups is 1. The second-order valence-corrected chi connectivity index (χ2v) is 9.31. The summed E-state index contributed by atoms with van der Waals surface area (Å²) in [6, 6.07) is 12.8. The highest BCUT2D eigenvalue weighted by molar-refractivity contribution is 9.10.